The summed E-state index contributed by atoms with van der Waals surface area (Å²) in [5, 5.41) is 9.10. The largest absolute Gasteiger partial charge is 0.493 e. The molecule has 114 valence electrons. The lowest BCUT2D eigenvalue weighted by atomic mass is 9.86. The van der Waals surface area contributed by atoms with Crippen LogP contribution >= 0.6 is 0 Å². The van der Waals surface area contributed by atoms with E-state index in [1.54, 1.807) is 0 Å². The molecule has 1 atom stereocenters. The zero-order valence-electron chi connectivity index (χ0n) is 13.5. The van der Waals surface area contributed by atoms with Crippen LogP contribution < -0.4 is 10.5 Å². The molecule has 0 aromatic heterocycles. The van der Waals surface area contributed by atoms with E-state index in [0.717, 1.165) is 24.2 Å². The van der Waals surface area contributed by atoms with E-state index in [4.69, 9.17) is 15.6 Å². The maximum absolute atomic E-state index is 9.10. The van der Waals surface area contributed by atoms with Gasteiger partial charge in [0.05, 0.1) is 13.2 Å². The molecular weight excluding hydrogens is 250 g/mol. The number of nitrogens with two attached hydrogens (primary N) is 1. The van der Waals surface area contributed by atoms with Gasteiger partial charge in [0.2, 0.25) is 0 Å². The second-order valence-corrected chi connectivity index (χ2v) is 6.99. The van der Waals surface area contributed by atoms with E-state index in [2.05, 4.69) is 39.8 Å². The maximum atomic E-state index is 9.10. The van der Waals surface area contributed by atoms with Gasteiger partial charge in [-0.1, -0.05) is 32.9 Å². The molecular formula is C17H29NO2. The van der Waals surface area contributed by atoms with Crippen molar-refractivity contribution in [2.24, 2.45) is 5.73 Å². The molecule has 0 fully saturated rings. The normalized spacial score (nSPS) is 14.9. The predicted octanol–water partition coefficient (Wildman–Crippen LogP) is 3.16. The van der Waals surface area contributed by atoms with Crippen LogP contribution in [0.3, 0.4) is 0 Å². The van der Waals surface area contributed by atoms with E-state index < -0.39 is 5.54 Å². The molecule has 0 heterocycles. The molecule has 0 saturated carbocycles. The third-order valence-corrected chi connectivity index (χ3v) is 3.55. The molecule has 1 aromatic carbocycles. The van der Waals surface area contributed by atoms with Gasteiger partial charge in [-0.05, 0) is 49.3 Å². The Labute approximate surface area is 123 Å². The van der Waals surface area contributed by atoms with Crippen LogP contribution in [0.25, 0.3) is 0 Å². The van der Waals surface area contributed by atoms with Crippen LogP contribution in [0.4, 0.5) is 0 Å². The topological polar surface area (TPSA) is 55.5 Å². The van der Waals surface area contributed by atoms with Gasteiger partial charge >= 0.3 is 0 Å². The lowest BCUT2D eigenvalue weighted by Crippen LogP contribution is -2.40. The van der Waals surface area contributed by atoms with Crippen LogP contribution in [-0.2, 0) is 5.41 Å². The highest BCUT2D eigenvalue weighted by Crippen LogP contribution is 2.27. The zero-order valence-corrected chi connectivity index (χ0v) is 13.5. The summed E-state index contributed by atoms with van der Waals surface area (Å²) in [6, 6.07) is 6.36. The standard InChI is InChI=1S/C17H29NO2/c1-13-11-14(16(2,3)4)7-8-15(13)20-10-6-9-17(5,18)12-19/h7-8,11,19H,6,9-10,12,18H2,1-5H3. The van der Waals surface area contributed by atoms with Gasteiger partial charge in [-0.15, -0.1) is 0 Å². The molecule has 0 radical (unpaired) electrons. The summed E-state index contributed by atoms with van der Waals surface area (Å²) in [7, 11) is 0. The molecule has 20 heavy (non-hydrogen) atoms. The SMILES string of the molecule is Cc1cc(C(C)(C)C)ccc1OCCCC(C)(N)CO. The first-order chi connectivity index (χ1) is 9.15. The summed E-state index contributed by atoms with van der Waals surface area (Å²) in [5.74, 6) is 0.931. The van der Waals surface area contributed by atoms with Crippen molar-refractivity contribution in [3.05, 3.63) is 29.3 Å². The van der Waals surface area contributed by atoms with Gasteiger partial charge in [0, 0.05) is 5.54 Å². The highest BCUT2D eigenvalue weighted by molar-refractivity contribution is 5.38. The first-order valence-electron chi connectivity index (χ1n) is 7.29. The molecule has 1 unspecified atom stereocenters. The minimum Gasteiger partial charge on any atom is -0.493 e. The van der Waals surface area contributed by atoms with Crippen LogP contribution in [0.2, 0.25) is 0 Å². The number of aliphatic hydroxyl groups is 1. The predicted molar refractivity (Wildman–Crippen MR) is 84.3 cm³/mol. The summed E-state index contributed by atoms with van der Waals surface area (Å²) < 4.78 is 5.81. The average molecular weight is 279 g/mol. The van der Waals surface area contributed by atoms with Gasteiger partial charge in [0.15, 0.2) is 0 Å². The molecule has 0 bridgehead atoms. The maximum Gasteiger partial charge on any atom is 0.122 e. The fourth-order valence-electron chi connectivity index (χ4n) is 2.02. The fourth-order valence-corrected chi connectivity index (χ4v) is 2.02. The van der Waals surface area contributed by atoms with Crippen molar-refractivity contribution in [2.75, 3.05) is 13.2 Å². The van der Waals surface area contributed by atoms with Crippen molar-refractivity contribution in [1.82, 2.24) is 0 Å². The van der Waals surface area contributed by atoms with Crippen molar-refractivity contribution in [3.8, 4) is 5.75 Å². The van der Waals surface area contributed by atoms with Crippen LogP contribution in [-0.4, -0.2) is 23.9 Å². The molecule has 0 saturated heterocycles. The summed E-state index contributed by atoms with van der Waals surface area (Å²) in [4.78, 5) is 0. The van der Waals surface area contributed by atoms with Gasteiger partial charge < -0.3 is 15.6 Å². The van der Waals surface area contributed by atoms with Crippen LogP contribution in [0.5, 0.6) is 5.75 Å². The van der Waals surface area contributed by atoms with Gasteiger partial charge in [-0.3, -0.25) is 0 Å². The zero-order chi connectivity index (χ0) is 15.4. The van der Waals surface area contributed by atoms with E-state index in [1.165, 1.54) is 5.56 Å². The monoisotopic (exact) mass is 279 g/mol. The Hall–Kier alpha value is -1.06. The summed E-state index contributed by atoms with van der Waals surface area (Å²) in [6.45, 7) is 11.2. The van der Waals surface area contributed by atoms with Crippen molar-refractivity contribution >= 4 is 0 Å². The van der Waals surface area contributed by atoms with Gasteiger partial charge in [0.1, 0.15) is 5.75 Å². The van der Waals surface area contributed by atoms with Crippen LogP contribution in [0, 0.1) is 6.92 Å². The molecule has 0 aliphatic carbocycles. The number of hydrogen-bond donors (Lipinski definition) is 2. The Bertz CT molecular complexity index is 433. The third-order valence-electron chi connectivity index (χ3n) is 3.55. The summed E-state index contributed by atoms with van der Waals surface area (Å²) in [6.07, 6.45) is 1.59. The Kier molecular flexibility index (Phi) is 5.60. The molecule has 0 amide bonds. The fraction of sp³-hybridized carbons (Fsp3) is 0.647. The van der Waals surface area contributed by atoms with Crippen molar-refractivity contribution in [1.29, 1.82) is 0 Å². The van der Waals surface area contributed by atoms with E-state index in [0.29, 0.717) is 6.61 Å². The number of hydrogen-bond acceptors (Lipinski definition) is 3. The summed E-state index contributed by atoms with van der Waals surface area (Å²) in [5.41, 5.74) is 8.02. The van der Waals surface area contributed by atoms with E-state index in [-0.39, 0.29) is 12.0 Å². The molecule has 1 rings (SSSR count). The first-order valence-corrected chi connectivity index (χ1v) is 7.29. The smallest absolute Gasteiger partial charge is 0.122 e. The van der Waals surface area contributed by atoms with Crippen LogP contribution in [0.1, 0.15) is 51.7 Å². The van der Waals surface area contributed by atoms with Crippen molar-refractivity contribution in [3.63, 3.8) is 0 Å². The molecule has 0 aliphatic heterocycles. The number of benzene rings is 1. The van der Waals surface area contributed by atoms with Gasteiger partial charge in [-0.2, -0.15) is 0 Å². The summed E-state index contributed by atoms with van der Waals surface area (Å²) >= 11 is 0. The van der Waals surface area contributed by atoms with Crippen molar-refractivity contribution in [2.45, 2.75) is 58.4 Å². The van der Waals surface area contributed by atoms with Gasteiger partial charge in [0.25, 0.3) is 0 Å². The molecule has 3 N–H and O–H groups in total. The highest BCUT2D eigenvalue weighted by Gasteiger charge is 2.17. The van der Waals surface area contributed by atoms with Crippen LogP contribution in [0.15, 0.2) is 18.2 Å². The highest BCUT2D eigenvalue weighted by atomic mass is 16.5. The quantitative estimate of drug-likeness (QED) is 0.786. The molecule has 3 heteroatoms. The number of rotatable bonds is 6. The Morgan fingerprint density at radius 2 is 1.85 bits per heavy atom. The first kappa shape index (κ1) is 17.0. The Balaban J connectivity index is 2.54. The number of ether oxygens (including phenoxy) is 1. The molecule has 0 spiro atoms. The average Bonchev–Trinajstić information content (AvgIpc) is 2.35. The minimum absolute atomic E-state index is 0.00626. The molecule has 1 aromatic rings. The third kappa shape index (κ3) is 5.14. The molecule has 0 aliphatic rings. The Morgan fingerprint density at radius 3 is 2.35 bits per heavy atom. The lowest BCUT2D eigenvalue weighted by molar-refractivity contribution is 0.188. The van der Waals surface area contributed by atoms with E-state index in [1.807, 2.05) is 13.0 Å². The minimum atomic E-state index is -0.505. The second kappa shape index (κ2) is 6.59. The number of aliphatic hydroxyl groups excluding tert-OH is 1. The number of aryl methyl sites for hydroxylation is 1. The van der Waals surface area contributed by atoms with Crippen molar-refractivity contribution < 1.29 is 9.84 Å². The second-order valence-electron chi connectivity index (χ2n) is 6.99. The van der Waals surface area contributed by atoms with Gasteiger partial charge in [-0.25, -0.2) is 0 Å². The Morgan fingerprint density at radius 1 is 1.20 bits per heavy atom. The van der Waals surface area contributed by atoms with E-state index >= 15 is 0 Å². The molecule has 3 nitrogen and oxygen atoms in total. The lowest BCUT2D eigenvalue weighted by Gasteiger charge is -2.22. The van der Waals surface area contributed by atoms with E-state index in [9.17, 15) is 0 Å².